The number of piperidine rings is 1. The third-order valence-corrected chi connectivity index (χ3v) is 4.39. The average molecular weight is 318 g/mol. The molecule has 0 aliphatic carbocycles. The Labute approximate surface area is 137 Å². The molecule has 2 heterocycles. The largest absolute Gasteiger partial charge is 0.490 e. The standard InChI is InChI=1S/C18H26N2O3/c1-2-22-15-7-10-20(11-8-15)12-14(21)13-23-18-5-3-4-17-16(18)6-9-19-17/h3-6,9,14-15,19,21H,2,7-8,10-13H2,1H3. The molecule has 0 radical (unpaired) electrons. The first kappa shape index (κ1) is 16.3. The smallest absolute Gasteiger partial charge is 0.128 e. The van der Waals surface area contributed by atoms with E-state index in [2.05, 4.69) is 9.88 Å². The van der Waals surface area contributed by atoms with Crippen LogP contribution in [-0.2, 0) is 4.74 Å². The van der Waals surface area contributed by atoms with Crippen molar-refractivity contribution in [2.24, 2.45) is 0 Å². The number of nitrogens with one attached hydrogen (secondary N) is 1. The molecule has 0 spiro atoms. The number of nitrogens with zero attached hydrogens (tertiary/aromatic N) is 1. The highest BCUT2D eigenvalue weighted by Crippen LogP contribution is 2.24. The quantitative estimate of drug-likeness (QED) is 0.823. The van der Waals surface area contributed by atoms with Gasteiger partial charge in [-0.15, -0.1) is 0 Å². The van der Waals surface area contributed by atoms with Crippen LogP contribution in [0.15, 0.2) is 30.5 Å². The maximum atomic E-state index is 10.2. The van der Waals surface area contributed by atoms with Gasteiger partial charge in [-0.1, -0.05) is 6.07 Å². The highest BCUT2D eigenvalue weighted by molar-refractivity contribution is 5.85. The lowest BCUT2D eigenvalue weighted by molar-refractivity contribution is -0.00177. The highest BCUT2D eigenvalue weighted by Gasteiger charge is 2.21. The molecular formula is C18H26N2O3. The number of aromatic amines is 1. The molecule has 2 aromatic rings. The predicted octanol–water partition coefficient (Wildman–Crippen LogP) is 2.41. The summed E-state index contributed by atoms with van der Waals surface area (Å²) in [6.07, 6.45) is 3.90. The Balaban J connectivity index is 1.45. The van der Waals surface area contributed by atoms with Crippen molar-refractivity contribution in [2.75, 3.05) is 32.8 Å². The summed E-state index contributed by atoms with van der Waals surface area (Å²) < 4.78 is 11.5. The number of β-amino-alcohol motifs (C(OH)–C–C–N with tert-alkyl or cyclic N) is 1. The first-order chi connectivity index (χ1) is 11.3. The van der Waals surface area contributed by atoms with Crippen LogP contribution in [0.1, 0.15) is 19.8 Å². The first-order valence-electron chi connectivity index (χ1n) is 8.47. The van der Waals surface area contributed by atoms with E-state index in [1.165, 1.54) is 0 Å². The van der Waals surface area contributed by atoms with Crippen LogP contribution in [0.4, 0.5) is 0 Å². The van der Waals surface area contributed by atoms with E-state index in [-0.39, 0.29) is 0 Å². The zero-order valence-corrected chi connectivity index (χ0v) is 13.7. The van der Waals surface area contributed by atoms with Gasteiger partial charge in [0.05, 0.1) is 6.10 Å². The molecule has 3 rings (SSSR count). The lowest BCUT2D eigenvalue weighted by Crippen LogP contribution is -2.42. The van der Waals surface area contributed by atoms with Gasteiger partial charge in [0, 0.05) is 43.3 Å². The predicted molar refractivity (Wildman–Crippen MR) is 90.9 cm³/mol. The summed E-state index contributed by atoms with van der Waals surface area (Å²) in [6, 6.07) is 7.91. The second-order valence-electron chi connectivity index (χ2n) is 6.12. The minimum atomic E-state index is -0.479. The lowest BCUT2D eigenvalue weighted by Gasteiger charge is -2.32. The van der Waals surface area contributed by atoms with Crippen molar-refractivity contribution in [2.45, 2.75) is 32.0 Å². The van der Waals surface area contributed by atoms with E-state index in [1.807, 2.05) is 37.4 Å². The zero-order chi connectivity index (χ0) is 16.1. The molecule has 1 aromatic carbocycles. The Kier molecular flexibility index (Phi) is 5.54. The Morgan fingerprint density at radius 1 is 1.30 bits per heavy atom. The van der Waals surface area contributed by atoms with Crippen molar-refractivity contribution >= 4 is 10.9 Å². The van der Waals surface area contributed by atoms with E-state index in [4.69, 9.17) is 9.47 Å². The van der Waals surface area contributed by atoms with E-state index >= 15 is 0 Å². The summed E-state index contributed by atoms with van der Waals surface area (Å²) in [5.74, 6) is 0.817. The second kappa shape index (κ2) is 7.81. The van der Waals surface area contributed by atoms with Crippen LogP contribution in [-0.4, -0.2) is 60.0 Å². The van der Waals surface area contributed by atoms with Gasteiger partial charge in [0.1, 0.15) is 18.5 Å². The van der Waals surface area contributed by atoms with E-state index in [0.29, 0.717) is 19.3 Å². The van der Waals surface area contributed by atoms with Crippen LogP contribution in [0.5, 0.6) is 5.75 Å². The third-order valence-electron chi connectivity index (χ3n) is 4.39. The maximum Gasteiger partial charge on any atom is 0.128 e. The Morgan fingerprint density at radius 2 is 2.13 bits per heavy atom. The van der Waals surface area contributed by atoms with Crippen molar-refractivity contribution in [1.29, 1.82) is 0 Å². The summed E-state index contributed by atoms with van der Waals surface area (Å²) in [7, 11) is 0. The zero-order valence-electron chi connectivity index (χ0n) is 13.7. The second-order valence-corrected chi connectivity index (χ2v) is 6.12. The van der Waals surface area contributed by atoms with Crippen molar-refractivity contribution in [3.8, 4) is 5.75 Å². The number of likely N-dealkylation sites (tertiary alicyclic amines) is 1. The summed E-state index contributed by atoms with van der Waals surface area (Å²) >= 11 is 0. The van der Waals surface area contributed by atoms with Gasteiger partial charge >= 0.3 is 0 Å². The van der Waals surface area contributed by atoms with Crippen molar-refractivity contribution in [3.05, 3.63) is 30.5 Å². The molecular weight excluding hydrogens is 292 g/mol. The summed E-state index contributed by atoms with van der Waals surface area (Å²) in [5, 5.41) is 11.3. The van der Waals surface area contributed by atoms with Crippen LogP contribution < -0.4 is 4.74 Å². The van der Waals surface area contributed by atoms with Crippen LogP contribution in [0.3, 0.4) is 0 Å². The fourth-order valence-corrected chi connectivity index (χ4v) is 3.21. The van der Waals surface area contributed by atoms with Gasteiger partial charge in [-0.25, -0.2) is 0 Å². The lowest BCUT2D eigenvalue weighted by atomic mass is 10.1. The molecule has 1 unspecified atom stereocenters. The Bertz CT molecular complexity index is 605. The molecule has 1 aliphatic heterocycles. The molecule has 1 fully saturated rings. The van der Waals surface area contributed by atoms with E-state index < -0.39 is 6.10 Å². The SMILES string of the molecule is CCOC1CCN(CC(O)COc2cccc3[nH]ccc23)CC1. The van der Waals surface area contributed by atoms with E-state index in [1.54, 1.807) is 0 Å². The number of fused-ring (bicyclic) bond motifs is 1. The molecule has 0 amide bonds. The van der Waals surface area contributed by atoms with Gasteiger partial charge in [0.2, 0.25) is 0 Å². The van der Waals surface area contributed by atoms with Gasteiger partial charge in [-0.2, -0.15) is 0 Å². The molecule has 5 heteroatoms. The molecule has 0 bridgehead atoms. The number of aliphatic hydroxyl groups excluding tert-OH is 1. The van der Waals surface area contributed by atoms with Crippen molar-refractivity contribution in [1.82, 2.24) is 9.88 Å². The van der Waals surface area contributed by atoms with Gasteiger partial charge < -0.3 is 24.5 Å². The fourth-order valence-electron chi connectivity index (χ4n) is 3.21. The third kappa shape index (κ3) is 4.25. The minimum Gasteiger partial charge on any atom is -0.490 e. The Hall–Kier alpha value is -1.56. The molecule has 1 aromatic heterocycles. The summed E-state index contributed by atoms with van der Waals surface area (Å²) in [6.45, 7) is 5.76. The average Bonchev–Trinajstić information content (AvgIpc) is 3.04. The van der Waals surface area contributed by atoms with Crippen LogP contribution >= 0.6 is 0 Å². The number of benzene rings is 1. The topological polar surface area (TPSA) is 57.7 Å². The summed E-state index contributed by atoms with van der Waals surface area (Å²) in [4.78, 5) is 5.46. The number of aromatic nitrogens is 1. The Morgan fingerprint density at radius 3 is 2.91 bits per heavy atom. The molecule has 1 saturated heterocycles. The summed E-state index contributed by atoms with van der Waals surface area (Å²) in [5.41, 5.74) is 1.05. The number of aliphatic hydroxyl groups is 1. The van der Waals surface area contributed by atoms with Gasteiger partial charge in [0.25, 0.3) is 0 Å². The molecule has 1 aliphatic rings. The molecule has 5 nitrogen and oxygen atoms in total. The molecule has 1 atom stereocenters. The normalized spacial score (nSPS) is 18.3. The number of hydrogen-bond acceptors (Lipinski definition) is 4. The first-order valence-corrected chi connectivity index (χ1v) is 8.47. The van der Waals surface area contributed by atoms with Crippen LogP contribution in [0, 0.1) is 0 Å². The van der Waals surface area contributed by atoms with E-state index in [9.17, 15) is 5.11 Å². The number of ether oxygens (including phenoxy) is 2. The molecule has 23 heavy (non-hydrogen) atoms. The van der Waals surface area contributed by atoms with Gasteiger partial charge in [-0.3, -0.25) is 0 Å². The number of hydrogen-bond donors (Lipinski definition) is 2. The van der Waals surface area contributed by atoms with Gasteiger partial charge in [0.15, 0.2) is 0 Å². The monoisotopic (exact) mass is 318 g/mol. The molecule has 2 N–H and O–H groups in total. The van der Waals surface area contributed by atoms with Crippen LogP contribution in [0.2, 0.25) is 0 Å². The van der Waals surface area contributed by atoms with E-state index in [0.717, 1.165) is 49.2 Å². The number of rotatable bonds is 7. The van der Waals surface area contributed by atoms with Gasteiger partial charge in [-0.05, 0) is 38.0 Å². The number of H-pyrrole nitrogens is 1. The fraction of sp³-hybridized carbons (Fsp3) is 0.556. The maximum absolute atomic E-state index is 10.2. The minimum absolute atomic E-state index is 0.315. The van der Waals surface area contributed by atoms with Crippen molar-refractivity contribution < 1.29 is 14.6 Å². The van der Waals surface area contributed by atoms with Crippen molar-refractivity contribution in [3.63, 3.8) is 0 Å². The van der Waals surface area contributed by atoms with Crippen LogP contribution in [0.25, 0.3) is 10.9 Å². The highest BCUT2D eigenvalue weighted by atomic mass is 16.5. The molecule has 0 saturated carbocycles. The molecule has 126 valence electrons.